The van der Waals surface area contributed by atoms with Crippen LogP contribution in [0.3, 0.4) is 0 Å². The zero-order chi connectivity index (χ0) is 15.8. The average Bonchev–Trinajstić information content (AvgIpc) is 2.72. The van der Waals surface area contributed by atoms with Gasteiger partial charge >= 0.3 is 58.2 Å². The van der Waals surface area contributed by atoms with Gasteiger partial charge in [0.05, 0.1) is 12.6 Å². The summed E-state index contributed by atoms with van der Waals surface area (Å²) in [7, 11) is 4.40. The first-order valence-electron chi connectivity index (χ1n) is 8.29. The molecule has 0 bridgehead atoms. The molecule has 0 amide bonds. The minimum atomic E-state index is 0. The standard InChI is InChI=1S/C19H22N4.Rb/c1-21-11-13-23(14-12-21)19-15-7-3-5-9-17(15)22(2)18-10-6-4-8-16(18)20-19;/h3-10H,11-14H2,1-2H3;/q;+1/p+1. The van der Waals surface area contributed by atoms with Gasteiger partial charge in [-0.15, -0.1) is 0 Å². The van der Waals surface area contributed by atoms with E-state index in [0.717, 1.165) is 37.7 Å². The molecule has 2 aromatic rings. The van der Waals surface area contributed by atoms with Gasteiger partial charge in [-0.25, -0.2) is 4.99 Å². The van der Waals surface area contributed by atoms with Crippen molar-refractivity contribution >= 4 is 22.9 Å². The third-order valence-corrected chi connectivity index (χ3v) is 4.91. The van der Waals surface area contributed by atoms with Crippen molar-refractivity contribution in [2.24, 2.45) is 4.99 Å². The largest absolute Gasteiger partial charge is 1.00 e. The van der Waals surface area contributed by atoms with Gasteiger partial charge in [0, 0.05) is 38.3 Å². The van der Waals surface area contributed by atoms with Crippen LogP contribution >= 0.6 is 0 Å². The summed E-state index contributed by atoms with van der Waals surface area (Å²) in [6, 6.07) is 17.2. The maximum absolute atomic E-state index is 5.08. The van der Waals surface area contributed by atoms with E-state index >= 15 is 0 Å². The number of amidine groups is 1. The van der Waals surface area contributed by atoms with Crippen LogP contribution in [-0.4, -0.2) is 55.9 Å². The Morgan fingerprint density at radius 1 is 0.875 bits per heavy atom. The zero-order valence-corrected chi connectivity index (χ0v) is 19.7. The molecule has 4 nitrogen and oxygen atoms in total. The van der Waals surface area contributed by atoms with E-state index in [1.54, 1.807) is 0 Å². The summed E-state index contributed by atoms with van der Waals surface area (Å²) in [6.45, 7) is 4.24. The summed E-state index contributed by atoms with van der Waals surface area (Å²) in [6.07, 6.45) is 0. The zero-order valence-electron chi connectivity index (χ0n) is 14.8. The fraction of sp³-hybridized carbons (Fsp3) is 0.316. The molecular formula is C19H23N4Rb+2. The molecule has 0 aromatic heterocycles. The molecule has 2 aliphatic rings. The number of hydrogen-bond donors (Lipinski definition) is 1. The molecule has 1 unspecified atom stereocenters. The van der Waals surface area contributed by atoms with Crippen molar-refractivity contribution in [3.05, 3.63) is 54.1 Å². The van der Waals surface area contributed by atoms with Crippen LogP contribution in [0.2, 0.25) is 0 Å². The summed E-state index contributed by atoms with van der Waals surface area (Å²) in [5.74, 6) is 1.12. The van der Waals surface area contributed by atoms with E-state index < -0.39 is 0 Å². The molecule has 5 heteroatoms. The summed E-state index contributed by atoms with van der Waals surface area (Å²) >= 11 is 0. The summed E-state index contributed by atoms with van der Waals surface area (Å²) in [5.41, 5.74) is 4.88. The Morgan fingerprint density at radius 2 is 1.50 bits per heavy atom. The van der Waals surface area contributed by atoms with Crippen LogP contribution in [0.25, 0.3) is 0 Å². The Hall–Kier alpha value is -0.365. The second-order valence-corrected chi connectivity index (χ2v) is 6.41. The normalized spacial score (nSPS) is 20.3. The smallest absolute Gasteiger partial charge is 0.353 e. The number of aliphatic imine (C=N–C) groups is 1. The molecule has 0 saturated carbocycles. The number of hydrogen-bond acceptors (Lipinski definition) is 3. The van der Waals surface area contributed by atoms with Crippen molar-refractivity contribution in [1.82, 2.24) is 9.80 Å². The van der Waals surface area contributed by atoms with Gasteiger partial charge in [0.1, 0.15) is 17.2 Å². The van der Waals surface area contributed by atoms with Crippen molar-refractivity contribution in [2.75, 3.05) is 40.3 Å². The molecule has 1 atom stereocenters. The van der Waals surface area contributed by atoms with E-state index in [9.17, 15) is 0 Å². The van der Waals surface area contributed by atoms with E-state index in [4.69, 9.17) is 4.99 Å². The second kappa shape index (κ2) is 7.89. The minimum Gasteiger partial charge on any atom is -0.353 e. The molecule has 1 saturated heterocycles. The molecule has 2 aromatic carbocycles. The van der Waals surface area contributed by atoms with Gasteiger partial charge in [-0.1, -0.05) is 24.3 Å². The first-order valence-corrected chi connectivity index (χ1v) is 8.29. The molecule has 118 valence electrons. The second-order valence-electron chi connectivity index (χ2n) is 6.41. The van der Waals surface area contributed by atoms with Crippen LogP contribution in [0.4, 0.5) is 17.1 Å². The van der Waals surface area contributed by atoms with E-state index in [1.807, 2.05) is 0 Å². The number of benzene rings is 2. The van der Waals surface area contributed by atoms with Crippen LogP contribution < -0.4 is 63.1 Å². The topological polar surface area (TPSA) is 23.3 Å². The number of nitrogens with one attached hydrogen (secondary N) is 1. The summed E-state index contributed by atoms with van der Waals surface area (Å²) in [5, 5.41) is 0. The van der Waals surface area contributed by atoms with Crippen molar-refractivity contribution in [3.8, 4) is 0 Å². The van der Waals surface area contributed by atoms with E-state index in [2.05, 4.69) is 72.4 Å². The molecular weight excluding hydrogens is 370 g/mol. The summed E-state index contributed by atoms with van der Waals surface area (Å²) in [4.78, 5) is 11.2. The Labute approximate surface area is 192 Å². The average molecular weight is 393 g/mol. The van der Waals surface area contributed by atoms with Gasteiger partial charge in [0.15, 0.2) is 5.69 Å². The van der Waals surface area contributed by atoms with E-state index in [1.165, 1.54) is 21.8 Å². The number of rotatable bonds is 0. The van der Waals surface area contributed by atoms with Gasteiger partial charge in [-0.2, -0.15) is 0 Å². The van der Waals surface area contributed by atoms with Crippen molar-refractivity contribution < 1.29 is 63.1 Å². The molecule has 0 radical (unpaired) electrons. The summed E-state index contributed by atoms with van der Waals surface area (Å²) < 4.78 is 0. The minimum absolute atomic E-state index is 0. The Bertz CT molecular complexity index is 751. The molecule has 1 N–H and O–H groups in total. The van der Waals surface area contributed by atoms with E-state index in [-0.39, 0.29) is 58.2 Å². The first kappa shape index (κ1) is 18.4. The molecule has 0 aliphatic carbocycles. The molecule has 2 aliphatic heterocycles. The number of nitrogens with zero attached hydrogens (tertiary/aromatic N) is 3. The van der Waals surface area contributed by atoms with Gasteiger partial charge in [0.25, 0.3) is 0 Å². The molecule has 1 fully saturated rings. The predicted molar refractivity (Wildman–Crippen MR) is 94.4 cm³/mol. The van der Waals surface area contributed by atoms with E-state index in [0.29, 0.717) is 0 Å². The maximum Gasteiger partial charge on any atom is 1.00 e. The quantitative estimate of drug-likeness (QED) is 0.609. The Morgan fingerprint density at radius 3 is 2.25 bits per heavy atom. The van der Waals surface area contributed by atoms with Crippen molar-refractivity contribution in [3.63, 3.8) is 0 Å². The van der Waals surface area contributed by atoms with Crippen LogP contribution in [0.1, 0.15) is 5.56 Å². The van der Waals surface area contributed by atoms with Gasteiger partial charge in [-0.05, 0) is 19.2 Å². The molecule has 2 heterocycles. The number of piperazine rings is 1. The third kappa shape index (κ3) is 3.46. The molecule has 24 heavy (non-hydrogen) atoms. The molecule has 4 rings (SSSR count). The molecule has 0 spiro atoms. The van der Waals surface area contributed by atoms with Crippen molar-refractivity contribution in [1.29, 1.82) is 0 Å². The van der Waals surface area contributed by atoms with Crippen LogP contribution in [-0.2, 0) is 0 Å². The Kier molecular flexibility index (Phi) is 6.06. The van der Waals surface area contributed by atoms with Gasteiger partial charge < -0.3 is 9.80 Å². The maximum atomic E-state index is 5.08. The van der Waals surface area contributed by atoms with Crippen molar-refractivity contribution in [2.45, 2.75) is 0 Å². The fourth-order valence-electron chi connectivity index (χ4n) is 3.47. The fourth-order valence-corrected chi connectivity index (χ4v) is 3.47. The van der Waals surface area contributed by atoms with Crippen LogP contribution in [0, 0.1) is 0 Å². The van der Waals surface area contributed by atoms with Crippen LogP contribution in [0.5, 0.6) is 0 Å². The third-order valence-electron chi connectivity index (χ3n) is 4.91. The number of para-hydroxylation sites is 3. The SMILES string of the molecule is CN1CCN(C2=Nc3ccccc3[NH+](C)c3ccccc32)CC1.[Rb+]. The van der Waals surface area contributed by atoms with Crippen LogP contribution in [0.15, 0.2) is 53.5 Å². The first-order chi connectivity index (χ1) is 11.2. The van der Waals surface area contributed by atoms with Gasteiger partial charge in [0.2, 0.25) is 0 Å². The predicted octanol–water partition coefficient (Wildman–Crippen LogP) is -1.19. The van der Waals surface area contributed by atoms with Gasteiger partial charge in [-0.3, -0.25) is 4.90 Å². The number of quaternary nitrogens is 1. The Balaban J connectivity index is 0.00000169. The monoisotopic (exact) mass is 392 g/mol. The number of likely N-dealkylation sites (N-methyl/N-ethyl adjacent to an activating group) is 1. The number of fused-ring (bicyclic) bond motifs is 2.